The number of thioether (sulfide) groups is 1. The molecule has 0 saturated carbocycles. The second-order valence-corrected chi connectivity index (χ2v) is 10.5. The lowest BCUT2D eigenvalue weighted by Gasteiger charge is -2.10. The minimum absolute atomic E-state index is 0.0244. The van der Waals surface area contributed by atoms with Crippen LogP contribution in [0.15, 0.2) is 93.6 Å². The zero-order valence-electron chi connectivity index (χ0n) is 18.2. The molecule has 166 valence electrons. The summed E-state index contributed by atoms with van der Waals surface area (Å²) in [6.45, 7) is 2.14. The third-order valence-corrected chi connectivity index (χ3v) is 7.75. The molecule has 0 aliphatic carbocycles. The van der Waals surface area contributed by atoms with E-state index < -0.39 is 13.5 Å². The van der Waals surface area contributed by atoms with Crippen molar-refractivity contribution in [2.24, 2.45) is 5.16 Å². The van der Waals surface area contributed by atoms with E-state index in [0.29, 0.717) is 17.7 Å². The summed E-state index contributed by atoms with van der Waals surface area (Å²) in [4.78, 5) is 32.9. The average Bonchev–Trinajstić information content (AvgIpc) is 2.84. The minimum atomic E-state index is -1.56. The maximum absolute atomic E-state index is 13.2. The highest BCUT2D eigenvalue weighted by atomic mass is 32.2. The van der Waals surface area contributed by atoms with Crippen molar-refractivity contribution in [2.75, 3.05) is 0 Å². The molecule has 0 amide bonds. The fourth-order valence-electron chi connectivity index (χ4n) is 3.11. The molecule has 1 aliphatic rings. The molecule has 2 aromatic rings. The Morgan fingerprint density at radius 1 is 0.969 bits per heavy atom. The van der Waals surface area contributed by atoms with E-state index in [4.69, 9.17) is 4.84 Å². The van der Waals surface area contributed by atoms with Crippen LogP contribution in [0.2, 0.25) is 0 Å². The monoisotopic (exact) mass is 465 g/mol. The van der Waals surface area contributed by atoms with E-state index in [-0.39, 0.29) is 5.52 Å². The van der Waals surface area contributed by atoms with Crippen molar-refractivity contribution in [2.45, 2.75) is 43.9 Å². The van der Waals surface area contributed by atoms with Crippen LogP contribution in [-0.2, 0) is 9.63 Å². The Bertz CT molecular complexity index is 1040. The topological polar surface area (TPSA) is 55.7 Å². The molecule has 0 radical (unpaired) electrons. The number of carbonyl (C=O) groups excluding carboxylic acids is 2. The number of allylic oxidation sites excluding steroid dienone is 2. The second-order valence-electron chi connectivity index (χ2n) is 7.36. The smallest absolute Gasteiger partial charge is 0.312 e. The molecule has 1 heterocycles. The first kappa shape index (κ1) is 24.0. The Balaban J connectivity index is 1.70. The predicted octanol–water partition coefficient (Wildman–Crippen LogP) is 6.92. The van der Waals surface area contributed by atoms with Crippen LogP contribution in [0.3, 0.4) is 0 Å². The quantitative estimate of drug-likeness (QED) is 0.119. The van der Waals surface area contributed by atoms with Crippen LogP contribution in [0, 0.1) is 0 Å². The molecule has 0 fully saturated rings. The maximum Gasteiger partial charge on any atom is 0.365 e. The third-order valence-electron chi connectivity index (χ3n) is 4.87. The summed E-state index contributed by atoms with van der Waals surface area (Å²) in [6, 6.07) is 18.8. The van der Waals surface area contributed by atoms with Crippen LogP contribution in [0.1, 0.15) is 49.4 Å². The number of hydrogen-bond acceptors (Lipinski definition) is 5. The molecule has 0 bridgehead atoms. The van der Waals surface area contributed by atoms with Crippen LogP contribution in [0.25, 0.3) is 0 Å². The van der Waals surface area contributed by atoms with Gasteiger partial charge in [-0.25, -0.2) is 4.79 Å². The van der Waals surface area contributed by atoms with Gasteiger partial charge >= 0.3 is 5.97 Å². The lowest BCUT2D eigenvalue weighted by molar-refractivity contribution is -0.106. The van der Waals surface area contributed by atoms with Crippen LogP contribution >= 0.6 is 19.3 Å². The van der Waals surface area contributed by atoms with E-state index >= 15 is 0 Å². The molecule has 2 aromatic carbocycles. The first-order valence-electron chi connectivity index (χ1n) is 10.9. The number of unbranched alkanes of at least 4 members (excludes halogenated alkanes) is 3. The molecule has 4 nitrogen and oxygen atoms in total. The fraction of sp³-hybridized carbons (Fsp3) is 0.231. The predicted molar refractivity (Wildman–Crippen MR) is 137 cm³/mol. The number of oxime groups is 1. The highest BCUT2D eigenvalue weighted by molar-refractivity contribution is 8.03. The minimum Gasteiger partial charge on any atom is -0.312 e. The maximum atomic E-state index is 13.2. The van der Waals surface area contributed by atoms with Crippen LogP contribution in [0.4, 0.5) is 0 Å². The van der Waals surface area contributed by atoms with Crippen molar-refractivity contribution in [3.05, 3.63) is 89.1 Å². The molecule has 0 N–H and O–H groups in total. The molecule has 0 aromatic heterocycles. The summed E-state index contributed by atoms with van der Waals surface area (Å²) >= 11 is 1.67. The van der Waals surface area contributed by atoms with Crippen molar-refractivity contribution < 1.29 is 14.4 Å². The zero-order chi connectivity index (χ0) is 22.6. The van der Waals surface area contributed by atoms with E-state index in [0.717, 1.165) is 35.5 Å². The van der Waals surface area contributed by atoms with Gasteiger partial charge < -0.3 is 4.84 Å². The van der Waals surface area contributed by atoms with Gasteiger partial charge in [0.15, 0.2) is 0 Å². The number of benzene rings is 2. The first-order chi connectivity index (χ1) is 15.7. The van der Waals surface area contributed by atoms with Gasteiger partial charge in [-0.1, -0.05) is 91.1 Å². The average molecular weight is 466 g/mol. The van der Waals surface area contributed by atoms with Crippen LogP contribution in [0.5, 0.6) is 0 Å². The highest BCUT2D eigenvalue weighted by Crippen LogP contribution is 2.36. The van der Waals surface area contributed by atoms with Gasteiger partial charge in [-0.3, -0.25) is 4.79 Å². The van der Waals surface area contributed by atoms with Gasteiger partial charge in [0, 0.05) is 9.80 Å². The summed E-state index contributed by atoms with van der Waals surface area (Å²) in [5.41, 5.74) is 0.744. The zero-order valence-corrected chi connectivity index (χ0v) is 20.0. The van der Waals surface area contributed by atoms with E-state index in [1.54, 1.807) is 36.0 Å². The largest absolute Gasteiger partial charge is 0.365 e. The Labute approximate surface area is 194 Å². The Morgan fingerprint density at radius 2 is 1.69 bits per heavy atom. The van der Waals surface area contributed by atoms with Crippen molar-refractivity contribution in [1.82, 2.24) is 0 Å². The molecule has 3 rings (SSSR count). The standard InChI is InChI=1S/C26H28NO3PS/c1-2-3-4-11-16-24(27-30-25(28)21-12-7-5-8-13-21)26(29)31-19-17-23(18-20-31)32-22-14-9-6-10-15-22/h5-10,12-15,17-20,31H,2-4,11,16H2,1H3/b27-24-. The summed E-state index contributed by atoms with van der Waals surface area (Å²) in [6.07, 6.45) is 8.63. The van der Waals surface area contributed by atoms with Gasteiger partial charge in [-0.15, -0.1) is 0 Å². The molecule has 0 spiro atoms. The van der Waals surface area contributed by atoms with Gasteiger partial charge in [-0.05, 0) is 56.8 Å². The molecular formula is C26H28NO3PS. The highest BCUT2D eigenvalue weighted by Gasteiger charge is 2.17. The third kappa shape index (κ3) is 7.51. The first-order valence-corrected chi connectivity index (χ1v) is 13.4. The van der Waals surface area contributed by atoms with Gasteiger partial charge in [0.2, 0.25) is 5.52 Å². The van der Waals surface area contributed by atoms with Crippen molar-refractivity contribution in [3.8, 4) is 0 Å². The fourth-order valence-corrected chi connectivity index (χ4v) is 5.82. The Hall–Kier alpha value is -2.62. The van der Waals surface area contributed by atoms with Crippen molar-refractivity contribution in [3.63, 3.8) is 0 Å². The van der Waals surface area contributed by atoms with E-state index in [1.165, 1.54) is 0 Å². The molecule has 32 heavy (non-hydrogen) atoms. The molecule has 6 heteroatoms. The van der Waals surface area contributed by atoms with E-state index in [1.807, 2.05) is 48.0 Å². The lowest BCUT2D eigenvalue weighted by Crippen LogP contribution is -2.13. The van der Waals surface area contributed by atoms with Crippen molar-refractivity contribution >= 4 is 42.3 Å². The molecule has 0 saturated heterocycles. The molecule has 1 unspecified atom stereocenters. The Morgan fingerprint density at radius 3 is 2.34 bits per heavy atom. The van der Waals surface area contributed by atoms with Gasteiger partial charge in [-0.2, -0.15) is 0 Å². The SMILES string of the molecule is CCCCCC/C(=N/OC(=O)c1ccccc1)C(=O)[PH]1=CC=C(Sc2ccccc2)C=C1. The number of hydrogen-bond donors (Lipinski definition) is 0. The van der Waals surface area contributed by atoms with Gasteiger partial charge in [0.25, 0.3) is 0 Å². The Kier molecular flexibility index (Phi) is 9.80. The summed E-state index contributed by atoms with van der Waals surface area (Å²) < 4.78 is 0. The molecular weight excluding hydrogens is 437 g/mol. The van der Waals surface area contributed by atoms with E-state index in [9.17, 15) is 9.59 Å². The second kappa shape index (κ2) is 13.0. The number of nitrogens with zero attached hydrogens (tertiary/aromatic N) is 1. The van der Waals surface area contributed by atoms with Crippen molar-refractivity contribution in [1.29, 1.82) is 0 Å². The lowest BCUT2D eigenvalue weighted by atomic mass is 10.1. The summed E-state index contributed by atoms with van der Waals surface area (Å²) in [7, 11) is -1.56. The molecule has 1 aliphatic heterocycles. The van der Waals surface area contributed by atoms with Gasteiger partial charge in [0.05, 0.1) is 5.56 Å². The summed E-state index contributed by atoms with van der Waals surface area (Å²) in [5.74, 6) is 3.42. The van der Waals surface area contributed by atoms with Gasteiger partial charge in [0.1, 0.15) is 5.71 Å². The van der Waals surface area contributed by atoms with E-state index in [2.05, 4.69) is 24.2 Å². The molecule has 1 atom stereocenters. The number of rotatable bonds is 11. The van der Waals surface area contributed by atoms with Crippen LogP contribution < -0.4 is 0 Å². The summed E-state index contributed by atoms with van der Waals surface area (Å²) in [5, 5.41) is 4.02. The normalized spacial score (nSPS) is 15.6. The van der Waals surface area contributed by atoms with Crippen LogP contribution in [-0.4, -0.2) is 23.0 Å². The number of carbonyl (C=O) groups is 2.